The summed E-state index contributed by atoms with van der Waals surface area (Å²) in [5, 5.41) is 0.628. The van der Waals surface area contributed by atoms with E-state index in [0.717, 1.165) is 17.9 Å². The van der Waals surface area contributed by atoms with Crippen LogP contribution < -0.4 is 4.90 Å². The van der Waals surface area contributed by atoms with Gasteiger partial charge < -0.3 is 4.90 Å². The summed E-state index contributed by atoms with van der Waals surface area (Å²) in [6, 6.07) is 1.95. The van der Waals surface area contributed by atoms with E-state index in [4.69, 9.17) is 23.2 Å². The first-order chi connectivity index (χ1) is 7.33. The van der Waals surface area contributed by atoms with Crippen LogP contribution in [0.4, 0.5) is 5.82 Å². The van der Waals surface area contributed by atoms with Crippen molar-refractivity contribution < 1.29 is 0 Å². The molecule has 0 N–H and O–H groups in total. The van der Waals surface area contributed by atoms with Gasteiger partial charge in [-0.25, -0.2) is 4.98 Å². The molecular formula is C12H18Cl2N2. The summed E-state index contributed by atoms with van der Waals surface area (Å²) in [4.78, 5) is 6.42. The van der Waals surface area contributed by atoms with Crippen molar-refractivity contribution in [1.29, 1.82) is 0 Å². The zero-order valence-corrected chi connectivity index (χ0v) is 11.7. The van der Waals surface area contributed by atoms with Crippen LogP contribution in [0.25, 0.3) is 0 Å². The molecule has 0 bridgehead atoms. The number of rotatable bonds is 3. The van der Waals surface area contributed by atoms with Crippen molar-refractivity contribution in [3.8, 4) is 0 Å². The minimum atomic E-state index is 0.233. The molecule has 2 nitrogen and oxygen atoms in total. The Labute approximate surface area is 108 Å². The monoisotopic (exact) mass is 260 g/mol. The highest BCUT2D eigenvalue weighted by Crippen LogP contribution is 2.23. The van der Waals surface area contributed by atoms with Crippen LogP contribution in [0.3, 0.4) is 0 Å². The Morgan fingerprint density at radius 1 is 1.38 bits per heavy atom. The Morgan fingerprint density at radius 2 is 2.00 bits per heavy atom. The number of aromatic nitrogens is 1. The largest absolute Gasteiger partial charge is 0.359 e. The van der Waals surface area contributed by atoms with E-state index < -0.39 is 0 Å². The first-order valence-electron chi connectivity index (χ1n) is 5.25. The second-order valence-corrected chi connectivity index (χ2v) is 5.86. The molecule has 0 fully saturated rings. The Kier molecular flexibility index (Phi) is 4.45. The standard InChI is InChI=1S/C12H18Cl2N2/c1-12(2,3)8-16(4)11-5-9(6-13)10(14)7-15-11/h5,7H,6,8H2,1-4H3. The Bertz CT molecular complexity index is 359. The second kappa shape index (κ2) is 5.24. The average Bonchev–Trinajstić information content (AvgIpc) is 2.15. The van der Waals surface area contributed by atoms with Gasteiger partial charge in [0.25, 0.3) is 0 Å². The van der Waals surface area contributed by atoms with Crippen molar-refractivity contribution in [3.63, 3.8) is 0 Å². The van der Waals surface area contributed by atoms with Crippen LogP contribution >= 0.6 is 23.2 Å². The van der Waals surface area contributed by atoms with E-state index in [-0.39, 0.29) is 5.41 Å². The maximum absolute atomic E-state index is 5.97. The SMILES string of the molecule is CN(CC(C)(C)C)c1cc(CCl)c(Cl)cn1. The van der Waals surface area contributed by atoms with Crippen LogP contribution in [0, 0.1) is 5.41 Å². The number of alkyl halides is 1. The van der Waals surface area contributed by atoms with Crippen LogP contribution in [-0.2, 0) is 5.88 Å². The van der Waals surface area contributed by atoms with Crippen molar-refractivity contribution in [2.75, 3.05) is 18.5 Å². The van der Waals surface area contributed by atoms with E-state index in [1.54, 1.807) is 6.20 Å². The van der Waals surface area contributed by atoms with E-state index >= 15 is 0 Å². The highest BCUT2D eigenvalue weighted by atomic mass is 35.5. The number of nitrogens with zero attached hydrogens (tertiary/aromatic N) is 2. The van der Waals surface area contributed by atoms with Gasteiger partial charge in [0.05, 0.1) is 5.02 Å². The maximum atomic E-state index is 5.97. The third-order valence-corrected chi connectivity index (χ3v) is 2.80. The molecule has 0 saturated carbocycles. The van der Waals surface area contributed by atoms with Crippen LogP contribution in [0.15, 0.2) is 12.3 Å². The fourth-order valence-electron chi connectivity index (χ4n) is 1.57. The zero-order valence-electron chi connectivity index (χ0n) is 10.2. The van der Waals surface area contributed by atoms with Gasteiger partial charge in [-0.05, 0) is 17.0 Å². The summed E-state index contributed by atoms with van der Waals surface area (Å²) < 4.78 is 0. The summed E-state index contributed by atoms with van der Waals surface area (Å²) in [7, 11) is 2.03. The molecule has 0 aliphatic heterocycles. The van der Waals surface area contributed by atoms with Crippen molar-refractivity contribution >= 4 is 29.0 Å². The van der Waals surface area contributed by atoms with Crippen molar-refractivity contribution in [1.82, 2.24) is 4.98 Å². The Hall–Kier alpha value is -0.470. The second-order valence-electron chi connectivity index (χ2n) is 5.18. The lowest BCUT2D eigenvalue weighted by Gasteiger charge is -2.27. The molecule has 0 spiro atoms. The first kappa shape index (κ1) is 13.6. The molecule has 0 atom stereocenters. The van der Waals surface area contributed by atoms with Crippen LogP contribution in [0.2, 0.25) is 5.02 Å². The number of halogens is 2. The van der Waals surface area contributed by atoms with Crippen LogP contribution in [0.5, 0.6) is 0 Å². The molecule has 1 aromatic heterocycles. The summed E-state index contributed by atoms with van der Waals surface area (Å²) >= 11 is 11.8. The lowest BCUT2D eigenvalue weighted by Crippen LogP contribution is -2.29. The lowest BCUT2D eigenvalue weighted by molar-refractivity contribution is 0.418. The molecule has 0 aliphatic rings. The van der Waals surface area contributed by atoms with E-state index in [2.05, 4.69) is 30.7 Å². The zero-order chi connectivity index (χ0) is 12.3. The van der Waals surface area contributed by atoms with Crippen molar-refractivity contribution in [3.05, 3.63) is 22.8 Å². The summed E-state index contributed by atoms with van der Waals surface area (Å²) in [6.07, 6.45) is 1.66. The molecule has 0 unspecified atom stereocenters. The molecule has 16 heavy (non-hydrogen) atoms. The topological polar surface area (TPSA) is 16.1 Å². The lowest BCUT2D eigenvalue weighted by atomic mass is 9.96. The van der Waals surface area contributed by atoms with E-state index in [0.29, 0.717) is 10.9 Å². The van der Waals surface area contributed by atoms with Crippen LogP contribution in [0.1, 0.15) is 26.3 Å². The number of hydrogen-bond donors (Lipinski definition) is 0. The molecule has 0 aliphatic carbocycles. The van der Waals surface area contributed by atoms with Gasteiger partial charge in [0.15, 0.2) is 0 Å². The van der Waals surface area contributed by atoms with Gasteiger partial charge in [0, 0.05) is 25.7 Å². The predicted octanol–water partition coefficient (Wildman–Crippen LogP) is 3.96. The first-order valence-corrected chi connectivity index (χ1v) is 6.16. The van der Waals surface area contributed by atoms with Gasteiger partial charge in [-0.1, -0.05) is 32.4 Å². The molecule has 0 radical (unpaired) electrons. The fraction of sp³-hybridized carbons (Fsp3) is 0.583. The molecule has 1 heterocycles. The van der Waals surface area contributed by atoms with Gasteiger partial charge in [-0.2, -0.15) is 0 Å². The van der Waals surface area contributed by atoms with Gasteiger partial charge in [-0.15, -0.1) is 11.6 Å². The van der Waals surface area contributed by atoms with E-state index in [1.807, 2.05) is 13.1 Å². The molecule has 0 saturated heterocycles. The van der Waals surface area contributed by atoms with Gasteiger partial charge in [-0.3, -0.25) is 0 Å². The molecule has 0 aromatic carbocycles. The fourth-order valence-corrected chi connectivity index (χ4v) is 2.03. The smallest absolute Gasteiger partial charge is 0.128 e. The Balaban J connectivity index is 2.88. The molecular weight excluding hydrogens is 243 g/mol. The molecule has 90 valence electrons. The third-order valence-electron chi connectivity index (χ3n) is 2.17. The quantitative estimate of drug-likeness (QED) is 0.766. The average molecular weight is 261 g/mol. The van der Waals surface area contributed by atoms with Crippen LogP contribution in [-0.4, -0.2) is 18.6 Å². The summed E-state index contributed by atoms with van der Waals surface area (Å²) in [5.41, 5.74) is 1.16. The molecule has 1 aromatic rings. The molecule has 4 heteroatoms. The number of hydrogen-bond acceptors (Lipinski definition) is 2. The van der Waals surface area contributed by atoms with Crippen molar-refractivity contribution in [2.45, 2.75) is 26.7 Å². The van der Waals surface area contributed by atoms with Gasteiger partial charge in [0.2, 0.25) is 0 Å². The molecule has 1 rings (SSSR count). The third kappa shape index (κ3) is 3.84. The maximum Gasteiger partial charge on any atom is 0.128 e. The number of anilines is 1. The predicted molar refractivity (Wildman–Crippen MR) is 71.5 cm³/mol. The minimum absolute atomic E-state index is 0.233. The van der Waals surface area contributed by atoms with Gasteiger partial charge >= 0.3 is 0 Å². The number of pyridine rings is 1. The van der Waals surface area contributed by atoms with Gasteiger partial charge in [0.1, 0.15) is 5.82 Å². The minimum Gasteiger partial charge on any atom is -0.359 e. The normalized spacial score (nSPS) is 11.6. The highest BCUT2D eigenvalue weighted by molar-refractivity contribution is 6.32. The summed E-state index contributed by atoms with van der Waals surface area (Å²) in [5.74, 6) is 1.33. The van der Waals surface area contributed by atoms with E-state index in [9.17, 15) is 0 Å². The Morgan fingerprint density at radius 3 is 2.50 bits per heavy atom. The molecule has 0 amide bonds. The van der Waals surface area contributed by atoms with E-state index in [1.165, 1.54) is 0 Å². The highest BCUT2D eigenvalue weighted by Gasteiger charge is 2.15. The van der Waals surface area contributed by atoms with Crippen molar-refractivity contribution in [2.24, 2.45) is 5.41 Å². The summed E-state index contributed by atoms with van der Waals surface area (Å²) in [6.45, 7) is 7.52.